The van der Waals surface area contributed by atoms with Gasteiger partial charge in [0.25, 0.3) is 11.8 Å². The van der Waals surface area contributed by atoms with Crippen molar-refractivity contribution in [3.63, 3.8) is 0 Å². The second kappa shape index (κ2) is 6.21. The molecule has 126 valence electrons. The van der Waals surface area contributed by atoms with Crippen molar-refractivity contribution < 1.29 is 34.2 Å². The molecule has 2 N–H and O–H groups in total. The zero-order valence-corrected chi connectivity index (χ0v) is 14.7. The molecule has 0 fully saturated rings. The standard InChI is InChI=1S/C17H9N3O3.CN.Ru/c21-7-3-4-10-9(6-7)11-13-12(16(22)20-17(13)23)8-2-1-5-18-14(8)15(11)19-10;1-2;/h1-6H,(H3,18,19,20,21,22,23);;/q;-1;+2/p-1. The second-order valence-electron chi connectivity index (χ2n) is 5.47. The van der Waals surface area contributed by atoms with E-state index in [1.165, 1.54) is 6.07 Å². The fourth-order valence-electron chi connectivity index (χ4n) is 3.30. The maximum atomic E-state index is 12.3. The van der Waals surface area contributed by atoms with Crippen LogP contribution >= 0.6 is 0 Å². The molecule has 0 spiro atoms. The molecule has 0 bridgehead atoms. The van der Waals surface area contributed by atoms with Crippen molar-refractivity contribution in [3.8, 4) is 5.75 Å². The largest absolute Gasteiger partial charge is 2.00 e. The summed E-state index contributed by atoms with van der Waals surface area (Å²) in [6, 6.07) is 8.25. The summed E-state index contributed by atoms with van der Waals surface area (Å²) in [6.07, 6.45) is 1.62. The van der Waals surface area contributed by atoms with Gasteiger partial charge in [-0.15, -0.1) is 11.0 Å². The van der Waals surface area contributed by atoms with Crippen LogP contribution in [0.1, 0.15) is 20.7 Å². The average Bonchev–Trinajstić information content (AvgIpc) is 3.14. The molecule has 1 aliphatic rings. The third-order valence-corrected chi connectivity index (χ3v) is 4.20. The monoisotopic (exact) mass is 430 g/mol. The van der Waals surface area contributed by atoms with Crippen molar-refractivity contribution >= 4 is 44.5 Å². The quantitative estimate of drug-likeness (QED) is 0.251. The molecule has 2 aromatic heterocycles. The Balaban J connectivity index is 0.000000633. The summed E-state index contributed by atoms with van der Waals surface area (Å²) in [5, 5.41) is 20.2. The van der Waals surface area contributed by atoms with Crippen LogP contribution in [0.4, 0.5) is 0 Å². The number of imide groups is 1. The molecule has 0 atom stereocenters. The van der Waals surface area contributed by atoms with E-state index in [9.17, 15) is 14.7 Å². The van der Waals surface area contributed by atoms with Gasteiger partial charge in [-0.2, -0.15) is 0 Å². The van der Waals surface area contributed by atoms with E-state index in [-0.39, 0.29) is 25.2 Å². The molecule has 0 saturated carbocycles. The number of nitrogens with one attached hydrogen (secondary N) is 1. The molecular weight excluding hydrogens is 421 g/mol. The van der Waals surface area contributed by atoms with Gasteiger partial charge in [0.15, 0.2) is 0 Å². The van der Waals surface area contributed by atoms with E-state index in [0.29, 0.717) is 43.8 Å². The molecule has 8 heteroatoms. The van der Waals surface area contributed by atoms with Crippen LogP contribution in [0.2, 0.25) is 0 Å². The number of aromatic hydroxyl groups is 1. The van der Waals surface area contributed by atoms with Gasteiger partial charge in [-0.25, -0.2) is 0 Å². The smallest absolute Gasteiger partial charge is 0.655 e. The Bertz CT molecular complexity index is 1240. The molecule has 0 radical (unpaired) electrons. The van der Waals surface area contributed by atoms with E-state index in [0.717, 1.165) is 0 Å². The zero-order valence-electron chi connectivity index (χ0n) is 12.9. The van der Waals surface area contributed by atoms with E-state index < -0.39 is 11.8 Å². The van der Waals surface area contributed by atoms with Crippen LogP contribution in [0.5, 0.6) is 5.75 Å². The SMILES string of the molecule is O=C1NC(=O)c2c1c1cccnc1c1[n-]c3ccc(O)cc3c21.[C-]#N.[Ru+2]. The number of rotatable bonds is 0. The van der Waals surface area contributed by atoms with Gasteiger partial charge in [-0.1, -0.05) is 12.1 Å². The Morgan fingerprint density at radius 2 is 1.81 bits per heavy atom. The summed E-state index contributed by atoms with van der Waals surface area (Å²) in [7, 11) is 0. The topological polar surface area (TPSA) is 117 Å². The number of benzene rings is 2. The fourth-order valence-corrected chi connectivity index (χ4v) is 3.30. The minimum Gasteiger partial charge on any atom is -0.655 e. The van der Waals surface area contributed by atoms with Gasteiger partial charge in [-0.05, 0) is 29.0 Å². The summed E-state index contributed by atoms with van der Waals surface area (Å²) >= 11 is 0. The number of aromatic nitrogens is 2. The number of hydrogen-bond donors (Lipinski definition) is 2. The van der Waals surface area contributed by atoms with Crippen LogP contribution in [0.3, 0.4) is 0 Å². The number of pyridine rings is 1. The third-order valence-electron chi connectivity index (χ3n) is 4.20. The van der Waals surface area contributed by atoms with E-state index in [1.807, 2.05) is 0 Å². The predicted molar refractivity (Wildman–Crippen MR) is 88.5 cm³/mol. The van der Waals surface area contributed by atoms with Gasteiger partial charge in [-0.3, -0.25) is 19.9 Å². The molecule has 5 rings (SSSR count). The molecule has 0 unspecified atom stereocenters. The van der Waals surface area contributed by atoms with Crippen molar-refractivity contribution in [1.82, 2.24) is 15.3 Å². The minimum absolute atomic E-state index is 0. The molecule has 7 nitrogen and oxygen atoms in total. The van der Waals surface area contributed by atoms with E-state index >= 15 is 0 Å². The molecular formula is C18H8N4O3Ru. The number of phenols is 1. The molecule has 2 aromatic carbocycles. The molecule has 2 amide bonds. The maximum absolute atomic E-state index is 12.3. The van der Waals surface area contributed by atoms with E-state index in [2.05, 4.69) is 15.3 Å². The van der Waals surface area contributed by atoms with Crippen molar-refractivity contribution in [2.75, 3.05) is 0 Å². The number of carbonyl (C=O) groups excluding carboxylic acids is 2. The van der Waals surface area contributed by atoms with Gasteiger partial charge in [0.1, 0.15) is 5.75 Å². The predicted octanol–water partition coefficient (Wildman–Crippen LogP) is 2.18. The molecule has 0 aliphatic carbocycles. The molecule has 3 heterocycles. The first-order valence-electron chi connectivity index (χ1n) is 7.23. The summed E-state index contributed by atoms with van der Waals surface area (Å²) in [5.74, 6) is -0.802. The van der Waals surface area contributed by atoms with Crippen LogP contribution in [0.15, 0.2) is 36.5 Å². The van der Waals surface area contributed by atoms with Crippen LogP contribution in [0.25, 0.3) is 32.7 Å². The molecule has 0 saturated heterocycles. The molecule has 4 aromatic rings. The first-order valence-corrected chi connectivity index (χ1v) is 7.23. The Kier molecular flexibility index (Phi) is 4.19. The van der Waals surface area contributed by atoms with Crippen molar-refractivity contribution in [2.24, 2.45) is 0 Å². The van der Waals surface area contributed by atoms with Crippen molar-refractivity contribution in [1.29, 1.82) is 5.26 Å². The van der Waals surface area contributed by atoms with Gasteiger partial charge < -0.3 is 21.9 Å². The van der Waals surface area contributed by atoms with Crippen LogP contribution < -0.4 is 10.3 Å². The third kappa shape index (κ3) is 2.18. The van der Waals surface area contributed by atoms with Crippen LogP contribution in [0, 0.1) is 11.8 Å². The Hall–Kier alpha value is -3.30. The Labute approximate surface area is 159 Å². The maximum Gasteiger partial charge on any atom is 2.00 e. The number of hydrogen-bond acceptors (Lipinski definition) is 5. The summed E-state index contributed by atoms with van der Waals surface area (Å²) < 4.78 is 0. The van der Waals surface area contributed by atoms with E-state index in [4.69, 9.17) is 11.8 Å². The summed E-state index contributed by atoms with van der Waals surface area (Å²) in [5.41, 5.74) is 2.40. The molecule has 1 aliphatic heterocycles. The summed E-state index contributed by atoms with van der Waals surface area (Å²) in [4.78, 5) is 33.5. The van der Waals surface area contributed by atoms with Gasteiger partial charge in [0.05, 0.1) is 16.6 Å². The number of phenolic OH excluding ortho intramolecular Hbond substituents is 1. The molecule has 26 heavy (non-hydrogen) atoms. The second-order valence-corrected chi connectivity index (χ2v) is 5.47. The van der Waals surface area contributed by atoms with Gasteiger partial charge >= 0.3 is 19.5 Å². The van der Waals surface area contributed by atoms with Crippen molar-refractivity contribution in [3.05, 3.63) is 54.2 Å². The minimum atomic E-state index is -0.446. The van der Waals surface area contributed by atoms with Crippen molar-refractivity contribution in [2.45, 2.75) is 0 Å². The van der Waals surface area contributed by atoms with Crippen LogP contribution in [-0.2, 0) is 19.5 Å². The fraction of sp³-hybridized carbons (Fsp3) is 0. The van der Waals surface area contributed by atoms with Gasteiger partial charge in [0, 0.05) is 11.6 Å². The zero-order chi connectivity index (χ0) is 17.7. The van der Waals surface area contributed by atoms with Crippen LogP contribution in [-0.4, -0.2) is 21.9 Å². The summed E-state index contributed by atoms with van der Waals surface area (Å²) in [6.45, 7) is 4.75. The number of fused-ring (bicyclic) bond motifs is 8. The van der Waals surface area contributed by atoms with Gasteiger partial charge in [0.2, 0.25) is 0 Å². The number of carbonyl (C=O) groups is 2. The Morgan fingerprint density at radius 1 is 1.08 bits per heavy atom. The van der Waals surface area contributed by atoms with E-state index in [1.54, 1.807) is 30.5 Å². The first-order chi connectivity index (χ1) is 12.1. The normalized spacial score (nSPS) is 12.4. The Morgan fingerprint density at radius 3 is 2.58 bits per heavy atom. The first kappa shape index (κ1) is 17.5. The average molecular weight is 429 g/mol. The number of nitrogens with zero attached hydrogens (tertiary/aromatic N) is 3. The number of amides is 2.